The number of nitrogens with zero attached hydrogens (tertiary/aromatic N) is 2. The molecule has 0 bridgehead atoms. The molecule has 5 rings (SSSR count). The molecule has 138 valence electrons. The molecule has 26 heavy (non-hydrogen) atoms. The van der Waals surface area contributed by atoms with Gasteiger partial charge in [-0.05, 0) is 62.7 Å². The van der Waals surface area contributed by atoms with Crippen LogP contribution >= 0.6 is 11.3 Å². The molecule has 2 N–H and O–H groups in total. The van der Waals surface area contributed by atoms with Gasteiger partial charge in [-0.2, -0.15) is 0 Å². The van der Waals surface area contributed by atoms with Crippen molar-refractivity contribution in [1.82, 2.24) is 15.6 Å². The van der Waals surface area contributed by atoms with Gasteiger partial charge in [0.25, 0.3) is 0 Å². The number of hydrogen-bond acceptors (Lipinski definition) is 5. The van der Waals surface area contributed by atoms with E-state index in [1.54, 1.807) is 11.3 Å². The third kappa shape index (κ3) is 2.99. The minimum absolute atomic E-state index is 0.270. The molecule has 1 unspecified atom stereocenters. The molecule has 1 saturated carbocycles. The molecular weight excluding hydrogens is 344 g/mol. The summed E-state index contributed by atoms with van der Waals surface area (Å²) in [7, 11) is 0. The number of rotatable bonds is 3. The Kier molecular flexibility index (Phi) is 4.13. The first kappa shape index (κ1) is 16.5. The Morgan fingerprint density at radius 2 is 2.00 bits per heavy atom. The highest BCUT2D eigenvalue weighted by Gasteiger charge is 2.57. The number of fused-ring (bicyclic) bond motifs is 1. The smallest absolute Gasteiger partial charge is 0.223 e. The lowest BCUT2D eigenvalue weighted by Gasteiger charge is -2.32. The molecule has 2 aromatic rings. The van der Waals surface area contributed by atoms with Gasteiger partial charge in [0.1, 0.15) is 0 Å². The van der Waals surface area contributed by atoms with Gasteiger partial charge in [-0.25, -0.2) is 4.98 Å². The summed E-state index contributed by atoms with van der Waals surface area (Å²) in [5, 5.41) is 7.87. The maximum Gasteiger partial charge on any atom is 0.223 e. The van der Waals surface area contributed by atoms with Crippen LogP contribution in [0.1, 0.15) is 32.1 Å². The van der Waals surface area contributed by atoms with Crippen LogP contribution in [0.15, 0.2) is 24.3 Å². The molecule has 1 amide bonds. The lowest BCUT2D eigenvalue weighted by atomic mass is 9.91. The molecule has 2 aliphatic heterocycles. The third-order valence-electron chi connectivity index (χ3n) is 6.50. The van der Waals surface area contributed by atoms with E-state index in [2.05, 4.69) is 33.7 Å². The maximum atomic E-state index is 12.7. The van der Waals surface area contributed by atoms with Crippen LogP contribution in [0.4, 0.5) is 5.13 Å². The largest absolute Gasteiger partial charge is 0.353 e. The average Bonchev–Trinajstić information content (AvgIpc) is 3.18. The number of aromatic nitrogens is 1. The SMILES string of the molecule is O=C(NC1CCN(c2nc3ccccc3s2)CC1)C1CC12CCNCC2. The first-order valence-electron chi connectivity index (χ1n) is 9.85. The minimum Gasteiger partial charge on any atom is -0.353 e. The Morgan fingerprint density at radius 3 is 2.77 bits per heavy atom. The van der Waals surface area contributed by atoms with Gasteiger partial charge in [-0.1, -0.05) is 23.5 Å². The minimum atomic E-state index is 0.270. The molecule has 1 spiro atoms. The number of anilines is 1. The second-order valence-electron chi connectivity index (χ2n) is 8.10. The van der Waals surface area contributed by atoms with Gasteiger partial charge in [0.2, 0.25) is 5.91 Å². The number of benzene rings is 1. The van der Waals surface area contributed by atoms with Crippen molar-refractivity contribution in [1.29, 1.82) is 0 Å². The van der Waals surface area contributed by atoms with E-state index in [0.29, 0.717) is 17.4 Å². The van der Waals surface area contributed by atoms with Gasteiger partial charge >= 0.3 is 0 Å². The summed E-state index contributed by atoms with van der Waals surface area (Å²) < 4.78 is 1.25. The van der Waals surface area contributed by atoms with Crippen molar-refractivity contribution in [3.63, 3.8) is 0 Å². The van der Waals surface area contributed by atoms with Gasteiger partial charge < -0.3 is 15.5 Å². The summed E-state index contributed by atoms with van der Waals surface area (Å²) in [5.74, 6) is 0.581. The molecule has 3 heterocycles. The molecule has 1 aromatic heterocycles. The lowest BCUT2D eigenvalue weighted by molar-refractivity contribution is -0.124. The summed E-state index contributed by atoms with van der Waals surface area (Å²) in [4.78, 5) is 19.8. The molecule has 2 saturated heterocycles. The number of para-hydroxylation sites is 1. The highest BCUT2D eigenvalue weighted by molar-refractivity contribution is 7.22. The van der Waals surface area contributed by atoms with Crippen LogP contribution in [-0.2, 0) is 4.79 Å². The monoisotopic (exact) mass is 370 g/mol. The van der Waals surface area contributed by atoms with Gasteiger partial charge in [-0.15, -0.1) is 0 Å². The fraction of sp³-hybridized carbons (Fsp3) is 0.600. The first-order valence-corrected chi connectivity index (χ1v) is 10.7. The summed E-state index contributed by atoms with van der Waals surface area (Å²) >= 11 is 1.77. The fourth-order valence-electron chi connectivity index (χ4n) is 4.71. The van der Waals surface area contributed by atoms with Gasteiger partial charge in [0.05, 0.1) is 10.2 Å². The van der Waals surface area contributed by atoms with E-state index in [-0.39, 0.29) is 5.92 Å². The van der Waals surface area contributed by atoms with Crippen molar-refractivity contribution >= 4 is 32.6 Å². The summed E-state index contributed by atoms with van der Waals surface area (Å²) in [6.45, 7) is 4.10. The molecule has 1 aliphatic carbocycles. The topological polar surface area (TPSA) is 57.3 Å². The Hall–Kier alpha value is -1.66. The van der Waals surface area contributed by atoms with E-state index in [0.717, 1.165) is 56.1 Å². The summed E-state index contributed by atoms with van der Waals surface area (Å²) in [5.41, 5.74) is 1.42. The van der Waals surface area contributed by atoms with Crippen molar-refractivity contribution in [2.24, 2.45) is 11.3 Å². The highest BCUT2D eigenvalue weighted by Crippen LogP contribution is 2.58. The van der Waals surface area contributed by atoms with Crippen molar-refractivity contribution in [2.45, 2.75) is 38.1 Å². The maximum absolute atomic E-state index is 12.7. The van der Waals surface area contributed by atoms with Crippen LogP contribution in [0.25, 0.3) is 10.2 Å². The zero-order chi connectivity index (χ0) is 17.6. The second kappa shape index (κ2) is 6.50. The Morgan fingerprint density at radius 1 is 1.23 bits per heavy atom. The molecule has 3 fully saturated rings. The Labute approximate surface area is 158 Å². The Bertz CT molecular complexity index is 772. The van der Waals surface area contributed by atoms with Crippen LogP contribution in [-0.4, -0.2) is 43.1 Å². The number of thiazole rings is 1. The van der Waals surface area contributed by atoms with Crippen LogP contribution in [0, 0.1) is 11.3 Å². The van der Waals surface area contributed by atoms with Crippen molar-refractivity contribution in [3.05, 3.63) is 24.3 Å². The second-order valence-corrected chi connectivity index (χ2v) is 9.11. The van der Waals surface area contributed by atoms with E-state index in [1.807, 2.05) is 6.07 Å². The quantitative estimate of drug-likeness (QED) is 0.872. The molecule has 1 aromatic carbocycles. The average molecular weight is 371 g/mol. The molecule has 6 heteroatoms. The van der Waals surface area contributed by atoms with E-state index >= 15 is 0 Å². The highest BCUT2D eigenvalue weighted by atomic mass is 32.1. The number of hydrogen-bond donors (Lipinski definition) is 2. The number of carbonyl (C=O) groups excluding carboxylic acids is 1. The van der Waals surface area contributed by atoms with E-state index in [1.165, 1.54) is 17.5 Å². The molecule has 1 atom stereocenters. The normalized spacial score (nSPS) is 25.5. The van der Waals surface area contributed by atoms with Crippen LogP contribution < -0.4 is 15.5 Å². The van der Waals surface area contributed by atoms with Crippen molar-refractivity contribution in [3.8, 4) is 0 Å². The van der Waals surface area contributed by atoms with Crippen LogP contribution in [0.2, 0.25) is 0 Å². The summed E-state index contributed by atoms with van der Waals surface area (Å²) in [6.07, 6.45) is 5.47. The van der Waals surface area contributed by atoms with E-state index < -0.39 is 0 Å². The van der Waals surface area contributed by atoms with Gasteiger partial charge in [-0.3, -0.25) is 4.79 Å². The number of nitrogens with one attached hydrogen (secondary N) is 2. The van der Waals surface area contributed by atoms with Gasteiger partial charge in [0, 0.05) is 25.0 Å². The number of piperidine rings is 2. The molecule has 0 radical (unpaired) electrons. The third-order valence-corrected chi connectivity index (χ3v) is 7.60. The van der Waals surface area contributed by atoms with E-state index in [4.69, 9.17) is 4.98 Å². The van der Waals surface area contributed by atoms with Crippen molar-refractivity contribution in [2.75, 3.05) is 31.1 Å². The number of carbonyl (C=O) groups is 1. The van der Waals surface area contributed by atoms with Crippen molar-refractivity contribution < 1.29 is 4.79 Å². The Balaban J connectivity index is 1.15. The zero-order valence-electron chi connectivity index (χ0n) is 15.0. The lowest BCUT2D eigenvalue weighted by Crippen LogP contribution is -2.45. The fourth-order valence-corrected chi connectivity index (χ4v) is 5.73. The molecular formula is C20H26N4OS. The summed E-state index contributed by atoms with van der Waals surface area (Å²) in [6, 6.07) is 8.65. The zero-order valence-corrected chi connectivity index (χ0v) is 15.9. The first-order chi connectivity index (χ1) is 12.7. The number of amides is 1. The van der Waals surface area contributed by atoms with Crippen LogP contribution in [0.5, 0.6) is 0 Å². The van der Waals surface area contributed by atoms with Crippen LogP contribution in [0.3, 0.4) is 0 Å². The molecule has 3 aliphatic rings. The predicted molar refractivity (Wildman–Crippen MR) is 106 cm³/mol. The molecule has 5 nitrogen and oxygen atoms in total. The predicted octanol–water partition coefficient (Wildman–Crippen LogP) is 2.77. The van der Waals surface area contributed by atoms with E-state index in [9.17, 15) is 4.79 Å². The standard InChI is InChI=1S/C20H26N4OS/c25-18(15-13-20(15)7-9-21-10-8-20)22-14-5-11-24(12-6-14)19-23-16-3-1-2-4-17(16)26-19/h1-4,14-15,21H,5-13H2,(H,22,25). The van der Waals surface area contributed by atoms with Gasteiger partial charge in [0.15, 0.2) is 5.13 Å².